The number of nitriles is 1. The molecule has 2 aromatic heterocycles. The van der Waals surface area contributed by atoms with Crippen LogP contribution in [0.4, 0.5) is 8.78 Å². The van der Waals surface area contributed by atoms with Gasteiger partial charge in [0.1, 0.15) is 17.5 Å². The predicted molar refractivity (Wildman–Crippen MR) is 107 cm³/mol. The average Bonchev–Trinajstić information content (AvgIpc) is 3.09. The molecule has 156 valence electrons. The van der Waals surface area contributed by atoms with Crippen molar-refractivity contribution in [2.24, 2.45) is 5.14 Å². The number of hydrogen-bond acceptors (Lipinski definition) is 6. The number of hydrogen-bond donors (Lipinski definition) is 1. The maximum atomic E-state index is 13.6. The second kappa shape index (κ2) is 7.75. The van der Waals surface area contributed by atoms with E-state index < -0.39 is 21.9 Å². The minimum Gasteiger partial charge on any atom is -0.371 e. The van der Waals surface area contributed by atoms with E-state index in [2.05, 4.69) is 14.2 Å². The van der Waals surface area contributed by atoms with Crippen LogP contribution in [0.15, 0.2) is 55.0 Å². The highest BCUT2D eigenvalue weighted by Gasteiger charge is 2.13. The summed E-state index contributed by atoms with van der Waals surface area (Å²) < 4.78 is 55.4. The SMILES string of the molecule is N#Cc1ncc(Cn2cnc3cc(F)c(F)cc32)cc1-c1ccc(OS(N)(=O)=O)cc1. The smallest absolute Gasteiger partial charge is 0.371 e. The maximum Gasteiger partial charge on any atom is 0.380 e. The van der Waals surface area contributed by atoms with Crippen LogP contribution in [0.2, 0.25) is 0 Å². The summed E-state index contributed by atoms with van der Waals surface area (Å²) in [4.78, 5) is 8.25. The molecule has 31 heavy (non-hydrogen) atoms. The molecule has 4 aromatic rings. The minimum atomic E-state index is -4.15. The highest BCUT2D eigenvalue weighted by Crippen LogP contribution is 2.27. The van der Waals surface area contributed by atoms with Crippen molar-refractivity contribution in [1.82, 2.24) is 14.5 Å². The molecule has 0 radical (unpaired) electrons. The van der Waals surface area contributed by atoms with Gasteiger partial charge in [-0.2, -0.15) is 18.8 Å². The molecule has 0 saturated heterocycles. The Kier molecular flexibility index (Phi) is 5.10. The van der Waals surface area contributed by atoms with Crippen LogP contribution >= 0.6 is 0 Å². The molecule has 0 aliphatic heterocycles. The van der Waals surface area contributed by atoms with Gasteiger partial charge in [0.25, 0.3) is 0 Å². The Balaban J connectivity index is 1.69. The summed E-state index contributed by atoms with van der Waals surface area (Å²) in [5.41, 5.74) is 2.66. The number of pyridine rings is 1. The zero-order chi connectivity index (χ0) is 22.2. The standard InChI is InChI=1S/C20H13F2N5O3S/c21-16-6-18-20(7-17(16)22)27(11-26-18)10-12-5-15(19(8-23)25-9-12)13-1-3-14(4-2-13)30-31(24,28)29/h1-7,9,11H,10H2,(H2,24,28,29). The zero-order valence-corrected chi connectivity index (χ0v) is 16.5. The highest BCUT2D eigenvalue weighted by molar-refractivity contribution is 7.84. The van der Waals surface area contributed by atoms with Crippen molar-refractivity contribution in [3.05, 3.63) is 77.9 Å². The topological polar surface area (TPSA) is 124 Å². The van der Waals surface area contributed by atoms with Gasteiger partial charge in [-0.15, -0.1) is 0 Å². The van der Waals surface area contributed by atoms with E-state index in [1.165, 1.54) is 24.7 Å². The van der Waals surface area contributed by atoms with Gasteiger partial charge in [0.15, 0.2) is 11.6 Å². The number of halogens is 2. The van der Waals surface area contributed by atoms with Crippen molar-refractivity contribution >= 4 is 21.3 Å². The molecule has 0 aliphatic carbocycles. The number of aromatic nitrogens is 3. The van der Waals surface area contributed by atoms with Crippen molar-refractivity contribution in [3.8, 4) is 22.9 Å². The summed E-state index contributed by atoms with van der Waals surface area (Å²) >= 11 is 0. The highest BCUT2D eigenvalue weighted by atomic mass is 32.2. The van der Waals surface area contributed by atoms with Gasteiger partial charge in [-0.25, -0.2) is 18.7 Å². The number of fused-ring (bicyclic) bond motifs is 1. The molecular weight excluding hydrogens is 428 g/mol. The number of imidazole rings is 1. The lowest BCUT2D eigenvalue weighted by atomic mass is 10.0. The van der Waals surface area contributed by atoms with Gasteiger partial charge >= 0.3 is 10.3 Å². The van der Waals surface area contributed by atoms with Crippen molar-refractivity contribution in [3.63, 3.8) is 0 Å². The third kappa shape index (κ3) is 4.35. The molecule has 0 bridgehead atoms. The number of rotatable bonds is 5. The normalized spacial score (nSPS) is 11.4. The molecule has 0 amide bonds. The predicted octanol–water partition coefficient (Wildman–Crippen LogP) is 2.88. The van der Waals surface area contributed by atoms with Gasteiger partial charge in [-0.3, -0.25) is 0 Å². The third-order valence-corrected chi connectivity index (χ3v) is 4.87. The van der Waals surface area contributed by atoms with Crippen LogP contribution in [0, 0.1) is 23.0 Å². The Morgan fingerprint density at radius 3 is 2.48 bits per heavy atom. The lowest BCUT2D eigenvalue weighted by Crippen LogP contribution is -2.18. The van der Waals surface area contributed by atoms with Crippen LogP contribution in [0.25, 0.3) is 22.2 Å². The number of nitrogens with two attached hydrogens (primary N) is 1. The Labute approximate surface area is 175 Å². The fourth-order valence-corrected chi connectivity index (χ4v) is 3.48. The minimum absolute atomic E-state index is 0.0213. The van der Waals surface area contributed by atoms with E-state index in [0.29, 0.717) is 27.7 Å². The van der Waals surface area contributed by atoms with E-state index in [1.807, 2.05) is 6.07 Å². The molecule has 0 atom stereocenters. The molecule has 0 unspecified atom stereocenters. The summed E-state index contributed by atoms with van der Waals surface area (Å²) in [6.45, 7) is 0.250. The molecule has 0 saturated carbocycles. The molecule has 4 rings (SSSR count). The lowest BCUT2D eigenvalue weighted by molar-refractivity contribution is 0.488. The van der Waals surface area contributed by atoms with Gasteiger partial charge in [0.05, 0.1) is 23.9 Å². The first kappa shape index (κ1) is 20.4. The summed E-state index contributed by atoms with van der Waals surface area (Å²) in [5.74, 6) is -1.93. The van der Waals surface area contributed by atoms with Crippen LogP contribution in [-0.2, 0) is 16.8 Å². The molecule has 0 fully saturated rings. The lowest BCUT2D eigenvalue weighted by Gasteiger charge is -2.10. The number of benzene rings is 2. The van der Waals surface area contributed by atoms with E-state index in [-0.39, 0.29) is 18.0 Å². The van der Waals surface area contributed by atoms with Crippen LogP contribution < -0.4 is 9.32 Å². The van der Waals surface area contributed by atoms with Gasteiger partial charge < -0.3 is 8.75 Å². The van der Waals surface area contributed by atoms with Gasteiger partial charge in [0.2, 0.25) is 0 Å². The quantitative estimate of drug-likeness (QED) is 0.508. The van der Waals surface area contributed by atoms with Crippen LogP contribution in [0.3, 0.4) is 0 Å². The first-order valence-electron chi connectivity index (χ1n) is 8.75. The fourth-order valence-electron chi connectivity index (χ4n) is 3.10. The molecule has 0 aliphatic rings. The second-order valence-electron chi connectivity index (χ2n) is 6.58. The molecule has 2 aromatic carbocycles. The summed E-state index contributed by atoms with van der Waals surface area (Å²) in [7, 11) is -4.15. The summed E-state index contributed by atoms with van der Waals surface area (Å²) in [5, 5.41) is 14.3. The second-order valence-corrected chi connectivity index (χ2v) is 7.73. The Bertz CT molecular complexity index is 1440. The van der Waals surface area contributed by atoms with Crippen LogP contribution in [0.5, 0.6) is 5.75 Å². The van der Waals surface area contributed by atoms with E-state index in [1.54, 1.807) is 22.8 Å². The van der Waals surface area contributed by atoms with Crippen LogP contribution in [-0.4, -0.2) is 23.0 Å². The zero-order valence-electron chi connectivity index (χ0n) is 15.7. The van der Waals surface area contributed by atoms with E-state index in [4.69, 9.17) is 5.14 Å². The largest absolute Gasteiger partial charge is 0.380 e. The maximum absolute atomic E-state index is 13.6. The molecule has 11 heteroatoms. The first-order valence-corrected chi connectivity index (χ1v) is 10.2. The van der Waals surface area contributed by atoms with Crippen molar-refractivity contribution < 1.29 is 21.4 Å². The fraction of sp³-hybridized carbons (Fsp3) is 0.0500. The Hall–Kier alpha value is -3.88. The van der Waals surface area contributed by atoms with E-state index in [9.17, 15) is 22.5 Å². The molecule has 2 heterocycles. The van der Waals surface area contributed by atoms with Gasteiger partial charge in [-0.1, -0.05) is 12.1 Å². The molecule has 2 N–H and O–H groups in total. The summed E-state index contributed by atoms with van der Waals surface area (Å²) in [6.07, 6.45) is 2.97. The van der Waals surface area contributed by atoms with E-state index >= 15 is 0 Å². The van der Waals surface area contributed by atoms with Gasteiger partial charge in [0, 0.05) is 23.9 Å². The third-order valence-electron chi connectivity index (χ3n) is 4.44. The van der Waals surface area contributed by atoms with E-state index in [0.717, 1.165) is 12.1 Å². The monoisotopic (exact) mass is 441 g/mol. The first-order chi connectivity index (χ1) is 14.7. The molecular formula is C20H13F2N5O3S. The number of nitrogens with zero attached hydrogens (tertiary/aromatic N) is 4. The Morgan fingerprint density at radius 1 is 1.10 bits per heavy atom. The summed E-state index contributed by atoms with van der Waals surface area (Å²) in [6, 6.07) is 11.7. The van der Waals surface area contributed by atoms with Crippen molar-refractivity contribution in [1.29, 1.82) is 5.26 Å². The van der Waals surface area contributed by atoms with Crippen molar-refractivity contribution in [2.75, 3.05) is 0 Å². The Morgan fingerprint density at radius 2 is 1.81 bits per heavy atom. The molecule has 0 spiro atoms. The van der Waals surface area contributed by atoms with Crippen LogP contribution in [0.1, 0.15) is 11.3 Å². The molecule has 8 nitrogen and oxygen atoms in total. The van der Waals surface area contributed by atoms with Gasteiger partial charge in [-0.05, 0) is 29.3 Å². The van der Waals surface area contributed by atoms with Crippen molar-refractivity contribution in [2.45, 2.75) is 6.54 Å². The average molecular weight is 441 g/mol.